The number of nitrogens with two attached hydrogens (primary N) is 1. The quantitative estimate of drug-likeness (QED) is 0.794. The van der Waals surface area contributed by atoms with Crippen LogP contribution >= 0.6 is 0 Å². The van der Waals surface area contributed by atoms with Gasteiger partial charge >= 0.3 is 0 Å². The predicted molar refractivity (Wildman–Crippen MR) is 54.5 cm³/mol. The molecule has 14 heavy (non-hydrogen) atoms. The fourth-order valence-electron chi connectivity index (χ4n) is 1.52. The lowest BCUT2D eigenvalue weighted by atomic mass is 10.0. The number of rotatable bonds is 3. The molecule has 1 aliphatic heterocycles. The Hall–Kier alpha value is -1.22. The second-order valence-electron chi connectivity index (χ2n) is 3.55. The summed E-state index contributed by atoms with van der Waals surface area (Å²) in [7, 11) is 0. The van der Waals surface area contributed by atoms with Gasteiger partial charge in [-0.3, -0.25) is 0 Å². The lowest BCUT2D eigenvalue weighted by Gasteiger charge is -2.19. The molecule has 0 aromatic heterocycles. The second-order valence-corrected chi connectivity index (χ2v) is 3.55. The Bertz CT molecular complexity index is 325. The zero-order valence-electron chi connectivity index (χ0n) is 8.32. The molecule has 3 heteroatoms. The summed E-state index contributed by atoms with van der Waals surface area (Å²) in [4.78, 5) is 0. The van der Waals surface area contributed by atoms with E-state index in [9.17, 15) is 0 Å². The standard InChI is InChI=1S/C11H15NO2/c1-2-9(12)5-8-3-4-10-6-11(8)14-7-13-10/h3-4,6,9H,2,5,7,12H2,1H3. The highest BCUT2D eigenvalue weighted by molar-refractivity contribution is 5.42. The molecule has 0 radical (unpaired) electrons. The molecule has 2 N–H and O–H groups in total. The number of hydrogen-bond acceptors (Lipinski definition) is 3. The molecule has 1 aromatic rings. The molecule has 0 saturated heterocycles. The van der Waals surface area contributed by atoms with E-state index in [4.69, 9.17) is 15.2 Å². The molecular formula is C11H15NO2. The minimum Gasteiger partial charge on any atom is -0.457 e. The molecule has 0 amide bonds. The van der Waals surface area contributed by atoms with Gasteiger partial charge in [0, 0.05) is 12.1 Å². The van der Waals surface area contributed by atoms with Gasteiger partial charge in [-0.1, -0.05) is 13.0 Å². The van der Waals surface area contributed by atoms with Crippen molar-refractivity contribution in [2.24, 2.45) is 5.73 Å². The predicted octanol–water partition coefficient (Wildman–Crippen LogP) is 1.70. The lowest BCUT2D eigenvalue weighted by molar-refractivity contribution is 0.104. The summed E-state index contributed by atoms with van der Waals surface area (Å²) in [6.07, 6.45) is 1.85. The molecule has 3 nitrogen and oxygen atoms in total. The van der Waals surface area contributed by atoms with E-state index >= 15 is 0 Å². The first-order valence-corrected chi connectivity index (χ1v) is 4.93. The third kappa shape index (κ3) is 1.82. The zero-order valence-corrected chi connectivity index (χ0v) is 8.32. The summed E-state index contributed by atoms with van der Waals surface area (Å²) in [5, 5.41) is 0. The first-order chi connectivity index (χ1) is 6.79. The molecule has 1 heterocycles. The molecule has 1 aliphatic rings. The van der Waals surface area contributed by atoms with Crippen molar-refractivity contribution in [3.63, 3.8) is 0 Å². The minimum absolute atomic E-state index is 0.212. The van der Waals surface area contributed by atoms with Gasteiger partial charge in [0.05, 0.1) is 0 Å². The van der Waals surface area contributed by atoms with Crippen molar-refractivity contribution in [2.45, 2.75) is 25.8 Å². The number of benzene rings is 1. The normalized spacial score (nSPS) is 15.6. The van der Waals surface area contributed by atoms with Gasteiger partial charge in [0.25, 0.3) is 0 Å². The SMILES string of the molecule is CCC(N)Cc1ccc2cc1OCO2. The van der Waals surface area contributed by atoms with Crippen LogP contribution in [0.3, 0.4) is 0 Å². The Morgan fingerprint density at radius 3 is 3.07 bits per heavy atom. The van der Waals surface area contributed by atoms with Gasteiger partial charge < -0.3 is 15.2 Å². The largest absolute Gasteiger partial charge is 0.457 e. The van der Waals surface area contributed by atoms with Crippen LogP contribution in [0.2, 0.25) is 0 Å². The highest BCUT2D eigenvalue weighted by Gasteiger charge is 2.12. The second kappa shape index (κ2) is 3.88. The van der Waals surface area contributed by atoms with Crippen LogP contribution in [0.1, 0.15) is 18.9 Å². The highest BCUT2D eigenvalue weighted by atomic mass is 16.7. The molecule has 0 fully saturated rings. The molecule has 76 valence electrons. The summed E-state index contributed by atoms with van der Waals surface area (Å²) < 4.78 is 10.6. The Morgan fingerprint density at radius 1 is 1.43 bits per heavy atom. The van der Waals surface area contributed by atoms with Gasteiger partial charge in [-0.15, -0.1) is 0 Å². The van der Waals surface area contributed by atoms with Crippen LogP contribution in [0, 0.1) is 0 Å². The van der Waals surface area contributed by atoms with Crippen molar-refractivity contribution in [1.29, 1.82) is 0 Å². The summed E-state index contributed by atoms with van der Waals surface area (Å²) >= 11 is 0. The smallest absolute Gasteiger partial charge is 0.230 e. The van der Waals surface area contributed by atoms with Gasteiger partial charge in [-0.2, -0.15) is 0 Å². The van der Waals surface area contributed by atoms with E-state index in [-0.39, 0.29) is 6.04 Å². The summed E-state index contributed by atoms with van der Waals surface area (Å²) in [5.74, 6) is 1.79. The van der Waals surface area contributed by atoms with E-state index < -0.39 is 0 Å². The molecule has 2 bridgehead atoms. The third-order valence-corrected chi connectivity index (χ3v) is 2.49. The topological polar surface area (TPSA) is 44.5 Å². The van der Waals surface area contributed by atoms with Gasteiger partial charge in [0.1, 0.15) is 11.5 Å². The average molecular weight is 193 g/mol. The third-order valence-electron chi connectivity index (χ3n) is 2.49. The van der Waals surface area contributed by atoms with Crippen molar-refractivity contribution < 1.29 is 9.47 Å². The van der Waals surface area contributed by atoms with Crippen LogP contribution in [0.4, 0.5) is 0 Å². The maximum absolute atomic E-state index is 5.90. The Labute approximate surface area is 83.8 Å². The van der Waals surface area contributed by atoms with Crippen molar-refractivity contribution in [3.8, 4) is 11.5 Å². The first kappa shape index (κ1) is 9.34. The molecular weight excluding hydrogens is 178 g/mol. The Morgan fingerprint density at radius 2 is 2.29 bits per heavy atom. The summed E-state index contributed by atoms with van der Waals surface area (Å²) in [5.41, 5.74) is 7.07. The van der Waals surface area contributed by atoms with Gasteiger partial charge in [0.2, 0.25) is 6.79 Å². The molecule has 0 spiro atoms. The fourth-order valence-corrected chi connectivity index (χ4v) is 1.52. The summed E-state index contributed by atoms with van der Waals surface area (Å²) in [6, 6.07) is 6.12. The molecule has 2 rings (SSSR count). The van der Waals surface area contributed by atoms with E-state index in [1.54, 1.807) is 0 Å². The van der Waals surface area contributed by atoms with Crippen molar-refractivity contribution in [2.75, 3.05) is 6.79 Å². The number of ether oxygens (including phenoxy) is 2. The van der Waals surface area contributed by atoms with E-state index in [1.807, 2.05) is 18.2 Å². The van der Waals surface area contributed by atoms with Crippen molar-refractivity contribution in [3.05, 3.63) is 23.8 Å². The maximum atomic E-state index is 5.90. The van der Waals surface area contributed by atoms with Crippen LogP contribution in [0.15, 0.2) is 18.2 Å². The molecule has 1 unspecified atom stereocenters. The number of hydrogen-bond donors (Lipinski definition) is 1. The first-order valence-electron chi connectivity index (χ1n) is 4.93. The van der Waals surface area contributed by atoms with Crippen LogP contribution in [-0.4, -0.2) is 12.8 Å². The van der Waals surface area contributed by atoms with E-state index in [0.717, 1.165) is 24.3 Å². The van der Waals surface area contributed by atoms with Gasteiger partial charge in [-0.05, 0) is 24.5 Å². The van der Waals surface area contributed by atoms with E-state index in [2.05, 4.69) is 6.92 Å². The Kier molecular flexibility index (Phi) is 2.59. The van der Waals surface area contributed by atoms with Crippen LogP contribution in [0.25, 0.3) is 0 Å². The molecule has 0 saturated carbocycles. The van der Waals surface area contributed by atoms with Crippen molar-refractivity contribution in [1.82, 2.24) is 0 Å². The minimum atomic E-state index is 0.212. The molecule has 0 aliphatic carbocycles. The summed E-state index contributed by atoms with van der Waals surface area (Å²) in [6.45, 7) is 2.41. The highest BCUT2D eigenvalue weighted by Crippen LogP contribution is 2.29. The van der Waals surface area contributed by atoms with Crippen LogP contribution < -0.4 is 15.2 Å². The Balaban J connectivity index is 2.18. The number of fused-ring (bicyclic) bond motifs is 2. The van der Waals surface area contributed by atoms with Gasteiger partial charge in [0.15, 0.2) is 0 Å². The monoisotopic (exact) mass is 193 g/mol. The zero-order chi connectivity index (χ0) is 9.97. The molecule has 1 aromatic carbocycles. The molecule has 1 atom stereocenters. The fraction of sp³-hybridized carbons (Fsp3) is 0.455. The maximum Gasteiger partial charge on any atom is 0.230 e. The van der Waals surface area contributed by atoms with E-state index in [1.165, 1.54) is 5.56 Å². The van der Waals surface area contributed by atoms with E-state index in [0.29, 0.717) is 6.79 Å². The van der Waals surface area contributed by atoms with Crippen molar-refractivity contribution >= 4 is 0 Å². The van der Waals surface area contributed by atoms with Gasteiger partial charge in [-0.25, -0.2) is 0 Å². The van der Waals surface area contributed by atoms with Crippen LogP contribution in [-0.2, 0) is 6.42 Å². The average Bonchev–Trinajstić information content (AvgIpc) is 2.23. The van der Waals surface area contributed by atoms with Crippen LogP contribution in [0.5, 0.6) is 11.5 Å². The lowest BCUT2D eigenvalue weighted by Crippen LogP contribution is -2.22.